The highest BCUT2D eigenvalue weighted by molar-refractivity contribution is 7.80. The number of imide groups is 1. The van der Waals surface area contributed by atoms with Crippen LogP contribution >= 0.6 is 12.6 Å². The first-order valence-electron chi connectivity index (χ1n) is 6.40. The quantitative estimate of drug-likeness (QED) is 0.390. The van der Waals surface area contributed by atoms with Gasteiger partial charge in [0.15, 0.2) is 0 Å². The average Bonchev–Trinajstić information content (AvgIpc) is 2.63. The topological polar surface area (TPSA) is 37.4 Å². The van der Waals surface area contributed by atoms with Crippen molar-refractivity contribution in [2.45, 2.75) is 44.9 Å². The number of carbonyl (C=O) groups excluding carboxylic acids is 2. The molecule has 0 spiro atoms. The lowest BCUT2D eigenvalue weighted by atomic mass is 10.1. The molecule has 1 rings (SSSR count). The molecule has 96 valence electrons. The molecule has 0 aromatic rings. The Morgan fingerprint density at radius 1 is 0.824 bits per heavy atom. The van der Waals surface area contributed by atoms with Crippen molar-refractivity contribution in [3.8, 4) is 0 Å². The zero-order valence-electron chi connectivity index (χ0n) is 10.2. The van der Waals surface area contributed by atoms with Crippen LogP contribution in [0.2, 0.25) is 0 Å². The van der Waals surface area contributed by atoms with Crippen molar-refractivity contribution in [3.63, 3.8) is 0 Å². The van der Waals surface area contributed by atoms with Crippen LogP contribution in [-0.2, 0) is 9.59 Å². The molecule has 0 aromatic heterocycles. The fraction of sp³-hybridized carbons (Fsp3) is 0.692. The first-order valence-corrected chi connectivity index (χ1v) is 7.03. The largest absolute Gasteiger partial charge is 0.275 e. The second-order valence-electron chi connectivity index (χ2n) is 4.36. The zero-order chi connectivity index (χ0) is 12.5. The first-order chi connectivity index (χ1) is 8.25. The minimum Gasteiger partial charge on any atom is -0.275 e. The zero-order valence-corrected chi connectivity index (χ0v) is 11.1. The van der Waals surface area contributed by atoms with Gasteiger partial charge in [0.2, 0.25) is 0 Å². The molecular formula is C13H21NO2S. The van der Waals surface area contributed by atoms with Crippen molar-refractivity contribution >= 4 is 24.4 Å². The van der Waals surface area contributed by atoms with Crippen molar-refractivity contribution in [1.29, 1.82) is 0 Å². The van der Waals surface area contributed by atoms with E-state index in [-0.39, 0.29) is 11.8 Å². The van der Waals surface area contributed by atoms with Gasteiger partial charge in [0.25, 0.3) is 11.8 Å². The summed E-state index contributed by atoms with van der Waals surface area (Å²) >= 11 is 4.17. The summed E-state index contributed by atoms with van der Waals surface area (Å²) in [5.41, 5.74) is 0. The maximum Gasteiger partial charge on any atom is 0.253 e. The molecule has 1 aliphatic heterocycles. The van der Waals surface area contributed by atoms with Gasteiger partial charge >= 0.3 is 0 Å². The maximum atomic E-state index is 11.2. The second kappa shape index (κ2) is 8.34. The van der Waals surface area contributed by atoms with Crippen molar-refractivity contribution in [1.82, 2.24) is 4.90 Å². The van der Waals surface area contributed by atoms with Crippen LogP contribution in [0.3, 0.4) is 0 Å². The predicted octanol–water partition coefficient (Wildman–Crippen LogP) is 2.57. The lowest BCUT2D eigenvalue weighted by Gasteiger charge is -2.12. The van der Waals surface area contributed by atoms with Crippen molar-refractivity contribution in [2.75, 3.05) is 12.3 Å². The van der Waals surface area contributed by atoms with Crippen LogP contribution in [0.1, 0.15) is 44.9 Å². The van der Waals surface area contributed by atoms with E-state index < -0.39 is 0 Å². The van der Waals surface area contributed by atoms with E-state index in [1.54, 1.807) is 0 Å². The summed E-state index contributed by atoms with van der Waals surface area (Å²) in [5.74, 6) is 0.652. The lowest BCUT2D eigenvalue weighted by Crippen LogP contribution is -2.30. The monoisotopic (exact) mass is 255 g/mol. The third-order valence-corrected chi connectivity index (χ3v) is 3.26. The van der Waals surface area contributed by atoms with E-state index in [1.807, 2.05) is 0 Å². The number of nitrogens with zero attached hydrogens (tertiary/aromatic N) is 1. The summed E-state index contributed by atoms with van der Waals surface area (Å²) in [6.07, 6.45) is 10.9. The molecule has 0 aliphatic carbocycles. The molecular weight excluding hydrogens is 234 g/mol. The summed E-state index contributed by atoms with van der Waals surface area (Å²) in [6, 6.07) is 0. The number of hydrogen-bond acceptors (Lipinski definition) is 3. The molecule has 0 saturated heterocycles. The summed E-state index contributed by atoms with van der Waals surface area (Å²) in [5, 5.41) is 0. The lowest BCUT2D eigenvalue weighted by molar-refractivity contribution is -0.136. The fourth-order valence-electron chi connectivity index (χ4n) is 1.92. The molecule has 1 aliphatic rings. The van der Waals surface area contributed by atoms with Gasteiger partial charge in [0, 0.05) is 18.7 Å². The Hall–Kier alpha value is -0.770. The molecule has 0 N–H and O–H groups in total. The molecule has 4 heteroatoms. The average molecular weight is 255 g/mol. The standard InChI is InChI=1S/C13H21NO2S/c15-12-8-9-13(16)14(12)10-6-4-2-1-3-5-7-11-17/h8-9,17H,1-7,10-11H2. The minimum absolute atomic E-state index is 0.163. The van der Waals surface area contributed by atoms with Gasteiger partial charge in [0.05, 0.1) is 0 Å². The van der Waals surface area contributed by atoms with Crippen molar-refractivity contribution in [2.24, 2.45) is 0 Å². The number of rotatable bonds is 9. The summed E-state index contributed by atoms with van der Waals surface area (Å²) in [7, 11) is 0. The second-order valence-corrected chi connectivity index (χ2v) is 4.81. The van der Waals surface area contributed by atoms with E-state index >= 15 is 0 Å². The van der Waals surface area contributed by atoms with Crippen LogP contribution in [0.15, 0.2) is 12.2 Å². The molecule has 0 radical (unpaired) electrons. The van der Waals surface area contributed by atoms with E-state index in [0.717, 1.165) is 18.6 Å². The Morgan fingerprint density at radius 3 is 1.82 bits per heavy atom. The SMILES string of the molecule is O=C1C=CC(=O)N1CCCCCCCCCS. The number of hydrogen-bond donors (Lipinski definition) is 1. The molecule has 0 unspecified atom stereocenters. The normalized spacial score (nSPS) is 15.0. The number of unbranched alkanes of at least 4 members (excludes halogenated alkanes) is 6. The third-order valence-electron chi connectivity index (χ3n) is 2.94. The van der Waals surface area contributed by atoms with Crippen LogP contribution in [0, 0.1) is 0 Å². The number of carbonyl (C=O) groups is 2. The van der Waals surface area contributed by atoms with Gasteiger partial charge in [-0.3, -0.25) is 14.5 Å². The molecule has 0 saturated carbocycles. The fourth-order valence-corrected chi connectivity index (χ4v) is 2.14. The van der Waals surface area contributed by atoms with Crippen molar-refractivity contribution in [3.05, 3.63) is 12.2 Å². The molecule has 1 heterocycles. The summed E-state index contributed by atoms with van der Waals surface area (Å²) in [4.78, 5) is 23.8. The molecule has 3 nitrogen and oxygen atoms in total. The Kier molecular flexibility index (Phi) is 7.01. The highest BCUT2D eigenvalue weighted by atomic mass is 32.1. The van der Waals surface area contributed by atoms with Crippen LogP contribution in [-0.4, -0.2) is 29.0 Å². The Balaban J connectivity index is 1.94. The van der Waals surface area contributed by atoms with Gasteiger partial charge < -0.3 is 0 Å². The van der Waals surface area contributed by atoms with Crippen LogP contribution in [0.4, 0.5) is 0 Å². The smallest absolute Gasteiger partial charge is 0.253 e. The van der Waals surface area contributed by atoms with Gasteiger partial charge in [-0.2, -0.15) is 12.6 Å². The maximum absolute atomic E-state index is 11.2. The highest BCUT2D eigenvalue weighted by Crippen LogP contribution is 2.10. The van der Waals surface area contributed by atoms with E-state index in [9.17, 15) is 9.59 Å². The van der Waals surface area contributed by atoms with Crippen LogP contribution < -0.4 is 0 Å². The van der Waals surface area contributed by atoms with Crippen LogP contribution in [0.25, 0.3) is 0 Å². The van der Waals surface area contributed by atoms with Gasteiger partial charge in [0.1, 0.15) is 0 Å². The van der Waals surface area contributed by atoms with Gasteiger partial charge in [-0.25, -0.2) is 0 Å². The number of thiol groups is 1. The molecule has 0 fully saturated rings. The van der Waals surface area contributed by atoms with E-state index in [2.05, 4.69) is 12.6 Å². The molecule has 0 aromatic carbocycles. The first kappa shape index (κ1) is 14.3. The van der Waals surface area contributed by atoms with Gasteiger partial charge in [-0.15, -0.1) is 0 Å². The van der Waals surface area contributed by atoms with E-state index in [4.69, 9.17) is 0 Å². The third kappa shape index (κ3) is 5.39. The highest BCUT2D eigenvalue weighted by Gasteiger charge is 2.21. The Bertz CT molecular complexity index is 271. The minimum atomic E-state index is -0.163. The molecule has 17 heavy (non-hydrogen) atoms. The Labute approximate surface area is 109 Å². The van der Waals surface area contributed by atoms with Gasteiger partial charge in [-0.1, -0.05) is 32.1 Å². The van der Waals surface area contributed by atoms with Crippen molar-refractivity contribution < 1.29 is 9.59 Å². The van der Waals surface area contributed by atoms with Crippen LogP contribution in [0.5, 0.6) is 0 Å². The van der Waals surface area contributed by atoms with Gasteiger partial charge in [-0.05, 0) is 18.6 Å². The molecule has 0 atom stereocenters. The van der Waals surface area contributed by atoms with E-state index in [0.29, 0.717) is 6.54 Å². The molecule has 0 bridgehead atoms. The molecule has 2 amide bonds. The Morgan fingerprint density at radius 2 is 1.29 bits per heavy atom. The number of amides is 2. The summed E-state index contributed by atoms with van der Waals surface area (Å²) < 4.78 is 0. The van der Waals surface area contributed by atoms with E-state index in [1.165, 1.54) is 49.2 Å². The summed E-state index contributed by atoms with van der Waals surface area (Å²) in [6.45, 7) is 0.571. The predicted molar refractivity (Wildman–Crippen MR) is 72.0 cm³/mol.